The zero-order chi connectivity index (χ0) is 18.5. The largest absolute Gasteiger partial charge is 0.325 e. The lowest BCUT2D eigenvalue weighted by molar-refractivity contribution is -0.115. The summed E-state index contributed by atoms with van der Waals surface area (Å²) in [5.41, 5.74) is 2.98. The summed E-state index contributed by atoms with van der Waals surface area (Å²) in [6, 6.07) is 17.7. The van der Waals surface area contributed by atoms with E-state index in [9.17, 15) is 4.79 Å². The average Bonchev–Trinajstić information content (AvgIpc) is 3.03. The molecule has 0 spiro atoms. The quantitative estimate of drug-likeness (QED) is 0.447. The number of benzene rings is 2. The zero-order valence-corrected chi connectivity index (χ0v) is 17.0. The van der Waals surface area contributed by atoms with E-state index in [2.05, 4.69) is 17.3 Å². The van der Waals surface area contributed by atoms with Gasteiger partial charge in [0.15, 0.2) is 8.29 Å². The van der Waals surface area contributed by atoms with Gasteiger partial charge in [-0.15, -0.1) is 5.10 Å². The van der Waals surface area contributed by atoms with E-state index in [4.69, 9.17) is 12.2 Å². The Bertz CT molecular complexity index is 933. The number of aryl methyl sites for hydroxylation is 1. The molecule has 26 heavy (non-hydrogen) atoms. The molecular formula is C19H19N3OS3. The number of carbonyl (C=O) groups is 1. The summed E-state index contributed by atoms with van der Waals surface area (Å²) in [5.74, 6) is -0.0494. The van der Waals surface area contributed by atoms with Crippen molar-refractivity contribution in [3.05, 3.63) is 64.1 Å². The molecule has 7 heteroatoms. The zero-order valence-electron chi connectivity index (χ0n) is 14.5. The second kappa shape index (κ2) is 8.62. The van der Waals surface area contributed by atoms with Crippen LogP contribution < -0.4 is 5.32 Å². The fraction of sp³-hybridized carbons (Fsp3) is 0.211. The highest BCUT2D eigenvalue weighted by atomic mass is 32.2. The monoisotopic (exact) mass is 401 g/mol. The molecule has 4 nitrogen and oxygen atoms in total. The number of hydrogen-bond acceptors (Lipinski definition) is 5. The van der Waals surface area contributed by atoms with Crippen LogP contribution in [0.2, 0.25) is 0 Å². The molecule has 1 atom stereocenters. The standard InChI is InChI=1S/C19H19N3OS3/c1-3-14-9-11-15(12-10-14)20-17(23)13(2)25-18-21-22(19(24)26-18)16-7-5-4-6-8-16/h4-13H,3H2,1-2H3,(H,20,23)/t13-/m0/s1. The van der Waals surface area contributed by atoms with Gasteiger partial charge in [0.25, 0.3) is 0 Å². The molecule has 0 radical (unpaired) electrons. The van der Waals surface area contributed by atoms with Crippen molar-refractivity contribution >= 4 is 46.9 Å². The number of para-hydroxylation sites is 1. The minimum atomic E-state index is -0.273. The van der Waals surface area contributed by atoms with Crippen molar-refractivity contribution in [2.45, 2.75) is 29.9 Å². The van der Waals surface area contributed by atoms with Gasteiger partial charge in [-0.1, -0.05) is 60.4 Å². The summed E-state index contributed by atoms with van der Waals surface area (Å²) in [6.07, 6.45) is 0.982. The second-order valence-electron chi connectivity index (χ2n) is 5.68. The van der Waals surface area contributed by atoms with Crippen LogP contribution in [0.25, 0.3) is 5.69 Å². The number of anilines is 1. The van der Waals surface area contributed by atoms with Crippen molar-refractivity contribution in [1.82, 2.24) is 9.78 Å². The van der Waals surface area contributed by atoms with Gasteiger partial charge in [0.1, 0.15) is 0 Å². The van der Waals surface area contributed by atoms with E-state index in [1.807, 2.05) is 61.5 Å². The number of amides is 1. The van der Waals surface area contributed by atoms with E-state index in [1.54, 1.807) is 4.68 Å². The highest BCUT2D eigenvalue weighted by Gasteiger charge is 2.17. The topological polar surface area (TPSA) is 46.9 Å². The van der Waals surface area contributed by atoms with Crippen LogP contribution in [0.15, 0.2) is 58.9 Å². The Labute approximate surface area is 166 Å². The van der Waals surface area contributed by atoms with Crippen LogP contribution in [0, 0.1) is 3.95 Å². The number of rotatable bonds is 6. The number of nitrogens with zero attached hydrogens (tertiary/aromatic N) is 2. The van der Waals surface area contributed by atoms with Gasteiger partial charge in [-0.25, -0.2) is 4.68 Å². The number of thioether (sulfide) groups is 1. The summed E-state index contributed by atoms with van der Waals surface area (Å²) in [4.78, 5) is 12.4. The number of hydrogen-bond donors (Lipinski definition) is 1. The predicted molar refractivity (Wildman–Crippen MR) is 112 cm³/mol. The smallest absolute Gasteiger partial charge is 0.237 e. The van der Waals surface area contributed by atoms with Crippen molar-refractivity contribution < 1.29 is 4.79 Å². The highest BCUT2D eigenvalue weighted by molar-refractivity contribution is 8.02. The average molecular weight is 402 g/mol. The first-order chi connectivity index (χ1) is 12.6. The third kappa shape index (κ3) is 4.60. The van der Waals surface area contributed by atoms with Crippen LogP contribution in [-0.4, -0.2) is 20.9 Å². The van der Waals surface area contributed by atoms with E-state index in [0.717, 1.165) is 22.1 Å². The Morgan fingerprint density at radius 2 is 1.92 bits per heavy atom. The molecule has 3 aromatic rings. The number of aromatic nitrogens is 2. The first-order valence-corrected chi connectivity index (χ1v) is 10.4. The number of nitrogens with one attached hydrogen (secondary N) is 1. The molecule has 1 heterocycles. The van der Waals surface area contributed by atoms with E-state index in [-0.39, 0.29) is 11.2 Å². The molecule has 0 saturated heterocycles. The Morgan fingerprint density at radius 1 is 1.23 bits per heavy atom. The summed E-state index contributed by atoms with van der Waals surface area (Å²) >= 11 is 8.24. The molecule has 1 N–H and O–H groups in total. The normalized spacial score (nSPS) is 11.9. The Morgan fingerprint density at radius 3 is 2.58 bits per heavy atom. The maximum absolute atomic E-state index is 12.4. The van der Waals surface area contributed by atoms with Crippen molar-refractivity contribution in [2.75, 3.05) is 5.32 Å². The summed E-state index contributed by atoms with van der Waals surface area (Å²) in [7, 11) is 0. The fourth-order valence-corrected chi connectivity index (χ4v) is 4.82. The van der Waals surface area contributed by atoms with E-state index >= 15 is 0 Å². The van der Waals surface area contributed by atoms with E-state index < -0.39 is 0 Å². The van der Waals surface area contributed by atoms with Crippen molar-refractivity contribution in [1.29, 1.82) is 0 Å². The molecule has 1 aromatic heterocycles. The molecular weight excluding hydrogens is 382 g/mol. The Hall–Kier alpha value is -1.96. The molecule has 3 rings (SSSR count). The molecule has 0 fully saturated rings. The van der Waals surface area contributed by atoms with Gasteiger partial charge < -0.3 is 5.32 Å². The lowest BCUT2D eigenvalue weighted by atomic mass is 10.1. The second-order valence-corrected chi connectivity index (χ2v) is 8.89. The molecule has 2 aromatic carbocycles. The molecule has 0 unspecified atom stereocenters. The third-order valence-corrected chi connectivity index (χ3v) is 6.22. The first kappa shape index (κ1) is 18.8. The SMILES string of the molecule is CCc1ccc(NC(=O)[C@H](C)Sc2nn(-c3ccccc3)c(=S)s2)cc1. The lowest BCUT2D eigenvalue weighted by Crippen LogP contribution is -2.22. The molecule has 134 valence electrons. The van der Waals surface area contributed by atoms with Gasteiger partial charge in [-0.05, 0) is 55.4 Å². The fourth-order valence-electron chi connectivity index (χ4n) is 2.31. The van der Waals surface area contributed by atoms with E-state index in [0.29, 0.717) is 3.95 Å². The predicted octanol–water partition coefficient (Wildman–Crippen LogP) is 5.34. The molecule has 0 bridgehead atoms. The van der Waals surface area contributed by atoms with Crippen LogP contribution in [0.5, 0.6) is 0 Å². The van der Waals surface area contributed by atoms with Gasteiger partial charge in [0.2, 0.25) is 5.91 Å². The summed E-state index contributed by atoms with van der Waals surface area (Å²) in [6.45, 7) is 3.98. The third-order valence-electron chi connectivity index (χ3n) is 3.81. The van der Waals surface area contributed by atoms with Gasteiger partial charge in [-0.3, -0.25) is 4.79 Å². The van der Waals surface area contributed by atoms with E-state index in [1.165, 1.54) is 28.7 Å². The van der Waals surface area contributed by atoms with Crippen molar-refractivity contribution in [3.63, 3.8) is 0 Å². The minimum Gasteiger partial charge on any atom is -0.325 e. The van der Waals surface area contributed by atoms with Crippen molar-refractivity contribution in [3.8, 4) is 5.69 Å². The molecule has 0 aliphatic rings. The van der Waals surface area contributed by atoms with Gasteiger partial charge in [0.05, 0.1) is 10.9 Å². The summed E-state index contributed by atoms with van der Waals surface area (Å²) in [5, 5.41) is 7.22. The maximum atomic E-state index is 12.4. The first-order valence-electron chi connectivity index (χ1n) is 8.29. The molecule has 0 saturated carbocycles. The Balaban J connectivity index is 1.66. The maximum Gasteiger partial charge on any atom is 0.237 e. The number of carbonyl (C=O) groups excluding carboxylic acids is 1. The molecule has 0 aliphatic carbocycles. The van der Waals surface area contributed by atoms with Crippen molar-refractivity contribution in [2.24, 2.45) is 0 Å². The van der Waals surface area contributed by atoms with Crippen LogP contribution in [0.3, 0.4) is 0 Å². The van der Waals surface area contributed by atoms with Crippen LogP contribution in [0.1, 0.15) is 19.4 Å². The van der Waals surface area contributed by atoms with Crippen LogP contribution >= 0.6 is 35.3 Å². The highest BCUT2D eigenvalue weighted by Crippen LogP contribution is 2.28. The Kier molecular flexibility index (Phi) is 6.24. The minimum absolute atomic E-state index is 0.0494. The molecule has 1 amide bonds. The van der Waals surface area contributed by atoms with Gasteiger partial charge in [0, 0.05) is 5.69 Å². The van der Waals surface area contributed by atoms with Gasteiger partial charge >= 0.3 is 0 Å². The van der Waals surface area contributed by atoms with Crippen LogP contribution in [-0.2, 0) is 11.2 Å². The molecule has 0 aliphatic heterocycles. The lowest BCUT2D eigenvalue weighted by Gasteiger charge is -2.10. The summed E-state index contributed by atoms with van der Waals surface area (Å²) < 4.78 is 3.18. The van der Waals surface area contributed by atoms with Gasteiger partial charge in [-0.2, -0.15) is 0 Å². The van der Waals surface area contributed by atoms with Crippen LogP contribution in [0.4, 0.5) is 5.69 Å².